The number of allylic oxidation sites excluding steroid dienone is 1. The first kappa shape index (κ1) is 32.3. The third-order valence-corrected chi connectivity index (χ3v) is 11.0. The number of carbonyl (C=O) groups is 1. The standard InChI is InChI=1S/C35H36N4O6S2/c1-8-45-34(41)29-19(3)37-35-39(30(29)22-14-25(42-5)31(44-7)26(15-22)43-6)32(40)28(47-35)16-21-13-18(2)38(20(21)4)33-24(17-36)23-11-9-10-12-27(23)46-33/h13-16,30H,8-12H2,1-7H3/b28-16+/t30-/m1/s1. The molecule has 1 aliphatic heterocycles. The van der Waals surface area contributed by atoms with Crippen molar-refractivity contribution in [3.63, 3.8) is 0 Å². The van der Waals surface area contributed by atoms with Crippen LogP contribution >= 0.6 is 22.7 Å². The van der Waals surface area contributed by atoms with Crippen molar-refractivity contribution in [3.8, 4) is 28.3 Å². The van der Waals surface area contributed by atoms with Crippen LogP contribution in [0, 0.1) is 25.2 Å². The second-order valence-electron chi connectivity index (χ2n) is 11.4. The molecule has 3 aromatic heterocycles. The zero-order chi connectivity index (χ0) is 33.6. The van der Waals surface area contributed by atoms with Crippen LogP contribution in [0.25, 0.3) is 11.1 Å². The Balaban J connectivity index is 1.54. The Morgan fingerprint density at radius 2 is 1.77 bits per heavy atom. The Labute approximate surface area is 280 Å². The van der Waals surface area contributed by atoms with Crippen LogP contribution < -0.4 is 29.1 Å². The van der Waals surface area contributed by atoms with E-state index in [0.717, 1.165) is 53.2 Å². The van der Waals surface area contributed by atoms with Gasteiger partial charge in [0.25, 0.3) is 5.56 Å². The van der Waals surface area contributed by atoms with Crippen molar-refractivity contribution in [2.45, 2.75) is 59.4 Å². The minimum Gasteiger partial charge on any atom is -0.493 e. The highest BCUT2D eigenvalue weighted by atomic mass is 32.1. The van der Waals surface area contributed by atoms with Crippen LogP contribution in [-0.2, 0) is 22.4 Å². The van der Waals surface area contributed by atoms with Gasteiger partial charge in [-0.05, 0) is 94.3 Å². The molecule has 1 atom stereocenters. The number of hydrogen-bond donors (Lipinski definition) is 0. The summed E-state index contributed by atoms with van der Waals surface area (Å²) in [6, 6.07) is 7.14. The number of esters is 1. The van der Waals surface area contributed by atoms with Crippen LogP contribution in [-0.4, -0.2) is 43.0 Å². The van der Waals surface area contributed by atoms with Crippen LogP contribution in [0.4, 0.5) is 0 Å². The first-order valence-electron chi connectivity index (χ1n) is 15.4. The second-order valence-corrected chi connectivity index (χ2v) is 13.5. The highest BCUT2D eigenvalue weighted by molar-refractivity contribution is 7.15. The number of thiazole rings is 1. The molecule has 4 aromatic rings. The van der Waals surface area contributed by atoms with Gasteiger partial charge < -0.3 is 23.5 Å². The SMILES string of the molecule is CCOC(=O)C1=C(C)N=c2s/c(=C/c3cc(C)n(-c4sc5c(c4C#N)CCCC5)c3C)c(=O)n2[C@@H]1c1cc(OC)c(OC)c(OC)c1. The summed E-state index contributed by atoms with van der Waals surface area (Å²) in [7, 11) is 4.55. The molecule has 4 heterocycles. The Bertz CT molecular complexity index is 2150. The molecule has 1 aromatic carbocycles. The van der Waals surface area contributed by atoms with Crippen molar-refractivity contribution < 1.29 is 23.7 Å². The highest BCUT2D eigenvalue weighted by Crippen LogP contribution is 2.43. The first-order chi connectivity index (χ1) is 22.7. The summed E-state index contributed by atoms with van der Waals surface area (Å²) in [5, 5.41) is 11.1. The number of carbonyl (C=O) groups excluding carboxylic acids is 1. The van der Waals surface area contributed by atoms with Gasteiger partial charge in [-0.15, -0.1) is 11.3 Å². The lowest BCUT2D eigenvalue weighted by Gasteiger charge is -2.26. The van der Waals surface area contributed by atoms with Gasteiger partial charge >= 0.3 is 5.97 Å². The molecule has 0 fully saturated rings. The minimum atomic E-state index is -0.857. The van der Waals surface area contributed by atoms with Gasteiger partial charge in [-0.25, -0.2) is 9.79 Å². The Hall–Kier alpha value is -4.60. The molecule has 0 amide bonds. The zero-order valence-corrected chi connectivity index (χ0v) is 29.1. The lowest BCUT2D eigenvalue weighted by Crippen LogP contribution is -2.40. The quantitative estimate of drug-likeness (QED) is 0.241. The molecule has 0 saturated carbocycles. The average Bonchev–Trinajstić information content (AvgIpc) is 3.68. The Morgan fingerprint density at radius 1 is 1.06 bits per heavy atom. The molecule has 244 valence electrons. The van der Waals surface area contributed by atoms with Gasteiger partial charge in [0.05, 0.1) is 55.3 Å². The van der Waals surface area contributed by atoms with E-state index in [0.29, 0.717) is 37.8 Å². The number of thiophene rings is 1. The fourth-order valence-electron chi connectivity index (χ4n) is 6.58. The number of fused-ring (bicyclic) bond motifs is 2. The molecular formula is C35H36N4O6S2. The summed E-state index contributed by atoms with van der Waals surface area (Å²) in [5.41, 5.74) is 5.71. The van der Waals surface area contributed by atoms with E-state index in [-0.39, 0.29) is 17.7 Å². The largest absolute Gasteiger partial charge is 0.493 e. The molecule has 6 rings (SSSR count). The van der Waals surface area contributed by atoms with Crippen molar-refractivity contribution >= 4 is 34.7 Å². The minimum absolute atomic E-state index is 0.165. The van der Waals surface area contributed by atoms with Crippen LogP contribution in [0.15, 0.2) is 39.3 Å². The summed E-state index contributed by atoms with van der Waals surface area (Å²) >= 11 is 2.95. The molecule has 10 nitrogen and oxygen atoms in total. The van der Waals surface area contributed by atoms with Crippen LogP contribution in [0.3, 0.4) is 0 Å². The Kier molecular flexibility index (Phi) is 8.87. The van der Waals surface area contributed by atoms with Gasteiger partial charge in [0.15, 0.2) is 16.3 Å². The fraction of sp³-hybridized carbons (Fsp3) is 0.371. The molecule has 1 aliphatic carbocycles. The van der Waals surface area contributed by atoms with Gasteiger partial charge in [-0.3, -0.25) is 9.36 Å². The summed E-state index contributed by atoms with van der Waals surface area (Å²) in [6.45, 7) is 7.68. The molecule has 0 radical (unpaired) electrons. The van der Waals surface area contributed by atoms with Gasteiger partial charge in [0.2, 0.25) is 5.75 Å². The van der Waals surface area contributed by atoms with Gasteiger partial charge in [0, 0.05) is 16.3 Å². The van der Waals surface area contributed by atoms with E-state index >= 15 is 0 Å². The van der Waals surface area contributed by atoms with Crippen molar-refractivity contribution in [2.24, 2.45) is 4.99 Å². The van der Waals surface area contributed by atoms with E-state index in [4.69, 9.17) is 23.9 Å². The lowest BCUT2D eigenvalue weighted by molar-refractivity contribution is -0.139. The third kappa shape index (κ3) is 5.37. The topological polar surface area (TPSA) is 117 Å². The highest BCUT2D eigenvalue weighted by Gasteiger charge is 2.35. The predicted octanol–water partition coefficient (Wildman–Crippen LogP) is 5.04. The van der Waals surface area contributed by atoms with Gasteiger partial charge in [-0.1, -0.05) is 11.3 Å². The van der Waals surface area contributed by atoms with E-state index in [1.165, 1.54) is 47.7 Å². The number of hydrogen-bond acceptors (Lipinski definition) is 10. The van der Waals surface area contributed by atoms with Gasteiger partial charge in [-0.2, -0.15) is 5.26 Å². The second kappa shape index (κ2) is 12.9. The van der Waals surface area contributed by atoms with E-state index in [1.54, 1.807) is 37.3 Å². The lowest BCUT2D eigenvalue weighted by atomic mass is 9.95. The molecule has 0 unspecified atom stereocenters. The number of nitriles is 1. The maximum absolute atomic E-state index is 14.3. The molecule has 47 heavy (non-hydrogen) atoms. The summed E-state index contributed by atoms with van der Waals surface area (Å²) in [5.74, 6) is 0.617. The molecule has 0 bridgehead atoms. The third-order valence-electron chi connectivity index (χ3n) is 8.74. The normalized spacial score (nSPS) is 15.9. The number of ether oxygens (including phenoxy) is 4. The summed E-state index contributed by atoms with van der Waals surface area (Å²) in [4.78, 5) is 34.2. The molecule has 0 N–H and O–H groups in total. The van der Waals surface area contributed by atoms with E-state index < -0.39 is 12.0 Å². The van der Waals surface area contributed by atoms with Crippen LogP contribution in [0.2, 0.25) is 0 Å². The first-order valence-corrected chi connectivity index (χ1v) is 17.0. The number of nitrogens with zero attached hydrogens (tertiary/aromatic N) is 4. The smallest absolute Gasteiger partial charge is 0.338 e. The van der Waals surface area contributed by atoms with E-state index in [1.807, 2.05) is 26.0 Å². The van der Waals surface area contributed by atoms with E-state index in [2.05, 4.69) is 10.6 Å². The van der Waals surface area contributed by atoms with Crippen LogP contribution in [0.1, 0.15) is 71.2 Å². The molecule has 12 heteroatoms. The average molecular weight is 673 g/mol. The maximum Gasteiger partial charge on any atom is 0.338 e. The van der Waals surface area contributed by atoms with Crippen molar-refractivity contribution in [1.29, 1.82) is 5.26 Å². The fourth-order valence-corrected chi connectivity index (χ4v) is 9.07. The van der Waals surface area contributed by atoms with Crippen molar-refractivity contribution in [1.82, 2.24) is 9.13 Å². The zero-order valence-electron chi connectivity index (χ0n) is 27.5. The Morgan fingerprint density at radius 3 is 2.40 bits per heavy atom. The number of rotatable bonds is 8. The maximum atomic E-state index is 14.3. The number of benzene rings is 1. The van der Waals surface area contributed by atoms with Crippen molar-refractivity contribution in [2.75, 3.05) is 27.9 Å². The van der Waals surface area contributed by atoms with Crippen molar-refractivity contribution in [3.05, 3.63) is 87.7 Å². The van der Waals surface area contributed by atoms with Gasteiger partial charge in [0.1, 0.15) is 11.1 Å². The molecule has 0 saturated heterocycles. The number of methoxy groups -OCH3 is 3. The summed E-state index contributed by atoms with van der Waals surface area (Å²) < 4.78 is 26.3. The monoisotopic (exact) mass is 672 g/mol. The number of aryl methyl sites for hydroxylation is 2. The number of aromatic nitrogens is 2. The molecular weight excluding hydrogens is 637 g/mol. The van der Waals surface area contributed by atoms with Crippen LogP contribution in [0.5, 0.6) is 17.2 Å². The molecule has 2 aliphatic rings. The molecule has 0 spiro atoms. The van der Waals surface area contributed by atoms with E-state index in [9.17, 15) is 14.9 Å². The summed E-state index contributed by atoms with van der Waals surface area (Å²) in [6.07, 6.45) is 6.05. The predicted molar refractivity (Wildman–Crippen MR) is 181 cm³/mol.